The van der Waals surface area contributed by atoms with Crippen LogP contribution in [0.3, 0.4) is 0 Å². The van der Waals surface area contributed by atoms with E-state index in [0.717, 1.165) is 57.8 Å². The first-order valence-corrected chi connectivity index (χ1v) is 14.3. The number of primary amides is 1. The van der Waals surface area contributed by atoms with Gasteiger partial charge in [-0.3, -0.25) is 9.59 Å². The van der Waals surface area contributed by atoms with E-state index in [1.54, 1.807) is 0 Å². The second kappa shape index (κ2) is 11.7. The zero-order valence-corrected chi connectivity index (χ0v) is 23.4. The van der Waals surface area contributed by atoms with Gasteiger partial charge in [0.15, 0.2) is 0 Å². The number of aliphatic hydroxyl groups is 1. The third-order valence-corrected chi connectivity index (χ3v) is 9.74. The normalized spacial score (nSPS) is 28.6. The fourth-order valence-electron chi connectivity index (χ4n) is 6.73. The maximum Gasteiger partial charge on any atom is 0.225 e. The second-order valence-corrected chi connectivity index (χ2v) is 12.7. The van der Waals surface area contributed by atoms with Crippen LogP contribution in [-0.4, -0.2) is 40.5 Å². The molecule has 0 bridgehead atoms. The lowest BCUT2D eigenvalue weighted by Crippen LogP contribution is -2.48. The zero-order valence-electron chi connectivity index (χ0n) is 23.4. The molecule has 0 spiro atoms. The fourth-order valence-corrected chi connectivity index (χ4v) is 6.73. The summed E-state index contributed by atoms with van der Waals surface area (Å²) in [6.07, 6.45) is 9.51. The minimum Gasteiger partial charge on any atom is -0.390 e. The molecule has 3 rings (SSSR count). The Morgan fingerprint density at radius 1 is 1.14 bits per heavy atom. The molecule has 1 aromatic rings. The van der Waals surface area contributed by atoms with Crippen LogP contribution in [0.4, 0.5) is 0 Å². The van der Waals surface area contributed by atoms with Crippen LogP contribution in [0.1, 0.15) is 104 Å². The molecule has 0 radical (unpaired) electrons. The van der Waals surface area contributed by atoms with Crippen molar-refractivity contribution in [2.75, 3.05) is 13.1 Å². The number of carbonyl (C=O) groups excluding carboxylic acids is 2. The molecule has 2 aliphatic rings. The van der Waals surface area contributed by atoms with Crippen molar-refractivity contribution in [2.24, 2.45) is 28.9 Å². The Hall–Kier alpha value is -1.88. The first-order valence-electron chi connectivity index (χ1n) is 14.3. The molecule has 4 atom stereocenters. The molecule has 1 aromatic carbocycles. The zero-order chi connectivity index (χ0) is 26.6. The molecule has 5 heteroatoms. The second-order valence-electron chi connectivity index (χ2n) is 12.7. The maximum absolute atomic E-state index is 13.9. The van der Waals surface area contributed by atoms with Crippen LogP contribution >= 0.6 is 0 Å². The highest BCUT2D eigenvalue weighted by Gasteiger charge is 2.43. The van der Waals surface area contributed by atoms with Crippen LogP contribution in [0, 0.1) is 23.2 Å². The summed E-state index contributed by atoms with van der Waals surface area (Å²) >= 11 is 0. The topological polar surface area (TPSA) is 83.6 Å². The molecule has 1 aliphatic heterocycles. The van der Waals surface area contributed by atoms with E-state index >= 15 is 0 Å². The SMILES string of the molecule is CCC(C)[C@]1(c2ccccc2)CCCC(CC2(O)CCC2)C(C)C(=O)N(CC(C)(C)C(N)=O)CCC1. The Labute approximate surface area is 219 Å². The molecule has 2 fully saturated rings. The molecular formula is C31H50N2O3. The highest BCUT2D eigenvalue weighted by atomic mass is 16.3. The first-order chi connectivity index (χ1) is 16.9. The van der Waals surface area contributed by atoms with Crippen molar-refractivity contribution in [1.82, 2.24) is 4.90 Å². The van der Waals surface area contributed by atoms with Gasteiger partial charge in [-0.2, -0.15) is 0 Å². The van der Waals surface area contributed by atoms with Crippen molar-refractivity contribution in [3.63, 3.8) is 0 Å². The summed E-state index contributed by atoms with van der Waals surface area (Å²) in [6.45, 7) is 11.3. The number of amides is 2. The number of hydrogen-bond donors (Lipinski definition) is 2. The molecular weight excluding hydrogens is 448 g/mol. The molecule has 5 nitrogen and oxygen atoms in total. The van der Waals surface area contributed by atoms with Crippen molar-refractivity contribution in [3.8, 4) is 0 Å². The lowest BCUT2D eigenvalue weighted by Gasteiger charge is -2.42. The highest BCUT2D eigenvalue weighted by Crippen LogP contribution is 2.46. The van der Waals surface area contributed by atoms with Gasteiger partial charge in [-0.15, -0.1) is 0 Å². The summed E-state index contributed by atoms with van der Waals surface area (Å²) < 4.78 is 0. The van der Waals surface area contributed by atoms with E-state index in [1.165, 1.54) is 5.56 Å². The minimum absolute atomic E-state index is 0.0510. The van der Waals surface area contributed by atoms with Gasteiger partial charge in [-0.1, -0.05) is 63.9 Å². The van der Waals surface area contributed by atoms with E-state index in [2.05, 4.69) is 44.2 Å². The van der Waals surface area contributed by atoms with Gasteiger partial charge in [-0.25, -0.2) is 0 Å². The third kappa shape index (κ3) is 6.33. The maximum atomic E-state index is 13.9. The molecule has 1 saturated carbocycles. The average molecular weight is 499 g/mol. The fraction of sp³-hybridized carbons (Fsp3) is 0.742. The quantitative estimate of drug-likeness (QED) is 0.473. The van der Waals surface area contributed by atoms with Crippen LogP contribution in [0.2, 0.25) is 0 Å². The highest BCUT2D eigenvalue weighted by molar-refractivity contribution is 5.83. The standard InChI is InChI=1S/C31H50N2O3/c1-6-23(2)31(26-14-8-7-9-15-26)18-10-13-25(21-30(36)16-11-17-30)24(3)27(34)33(20-12-19-31)22-29(4,5)28(32)35/h7-9,14-15,23-25,36H,6,10-13,16-22H2,1-5H3,(H2,32,35)/t23?,24?,25?,31-/m0/s1. The van der Waals surface area contributed by atoms with Crippen molar-refractivity contribution >= 4 is 11.8 Å². The first kappa shape index (κ1) is 28.7. The van der Waals surface area contributed by atoms with E-state index in [1.807, 2.05) is 25.7 Å². The largest absolute Gasteiger partial charge is 0.390 e. The van der Waals surface area contributed by atoms with E-state index in [-0.39, 0.29) is 29.1 Å². The molecule has 202 valence electrons. The number of nitrogens with zero attached hydrogens (tertiary/aromatic N) is 1. The van der Waals surface area contributed by atoms with Gasteiger partial charge in [0.2, 0.25) is 11.8 Å². The molecule has 0 aromatic heterocycles. The van der Waals surface area contributed by atoms with Crippen molar-refractivity contribution in [1.29, 1.82) is 0 Å². The molecule has 3 N–H and O–H groups in total. The van der Waals surface area contributed by atoms with Crippen LogP contribution in [-0.2, 0) is 15.0 Å². The lowest BCUT2D eigenvalue weighted by atomic mass is 9.63. The summed E-state index contributed by atoms with van der Waals surface area (Å²) in [5.74, 6) is 0.180. The molecule has 1 heterocycles. The van der Waals surface area contributed by atoms with Crippen LogP contribution in [0.25, 0.3) is 0 Å². The van der Waals surface area contributed by atoms with Gasteiger partial charge in [0.25, 0.3) is 0 Å². The molecule has 2 amide bonds. The smallest absolute Gasteiger partial charge is 0.225 e. The third-order valence-electron chi connectivity index (χ3n) is 9.74. The van der Waals surface area contributed by atoms with Gasteiger partial charge >= 0.3 is 0 Å². The number of benzene rings is 1. The minimum atomic E-state index is -0.787. The van der Waals surface area contributed by atoms with Crippen LogP contribution < -0.4 is 5.73 Å². The van der Waals surface area contributed by atoms with E-state index < -0.39 is 11.0 Å². The van der Waals surface area contributed by atoms with Crippen LogP contribution in [0.15, 0.2) is 30.3 Å². The summed E-state index contributed by atoms with van der Waals surface area (Å²) in [5, 5.41) is 11.1. The van der Waals surface area contributed by atoms with Gasteiger partial charge in [-0.05, 0) is 88.0 Å². The monoisotopic (exact) mass is 498 g/mol. The van der Waals surface area contributed by atoms with Gasteiger partial charge in [0, 0.05) is 19.0 Å². The molecule has 3 unspecified atom stereocenters. The van der Waals surface area contributed by atoms with Gasteiger partial charge in [0.1, 0.15) is 0 Å². The Morgan fingerprint density at radius 3 is 2.33 bits per heavy atom. The van der Waals surface area contributed by atoms with E-state index in [4.69, 9.17) is 5.73 Å². The number of hydrogen-bond acceptors (Lipinski definition) is 3. The van der Waals surface area contributed by atoms with E-state index in [0.29, 0.717) is 25.4 Å². The summed E-state index contributed by atoms with van der Waals surface area (Å²) in [4.78, 5) is 28.0. The van der Waals surface area contributed by atoms with Crippen LogP contribution in [0.5, 0.6) is 0 Å². The Balaban J connectivity index is 1.97. The predicted molar refractivity (Wildman–Crippen MR) is 146 cm³/mol. The number of nitrogens with two attached hydrogens (primary N) is 1. The Kier molecular flexibility index (Phi) is 9.30. The van der Waals surface area contributed by atoms with Crippen molar-refractivity contribution < 1.29 is 14.7 Å². The summed E-state index contributed by atoms with van der Waals surface area (Å²) in [6, 6.07) is 10.9. The average Bonchev–Trinajstić information content (AvgIpc) is 2.85. The number of carbonyl (C=O) groups is 2. The Bertz CT molecular complexity index is 879. The molecule has 1 aliphatic carbocycles. The number of rotatable bonds is 8. The van der Waals surface area contributed by atoms with Gasteiger partial charge < -0.3 is 15.7 Å². The molecule has 1 saturated heterocycles. The lowest BCUT2D eigenvalue weighted by molar-refractivity contribution is -0.141. The Morgan fingerprint density at radius 2 is 1.78 bits per heavy atom. The van der Waals surface area contributed by atoms with Crippen molar-refractivity contribution in [3.05, 3.63) is 35.9 Å². The van der Waals surface area contributed by atoms with E-state index in [9.17, 15) is 14.7 Å². The molecule has 36 heavy (non-hydrogen) atoms. The van der Waals surface area contributed by atoms with Crippen molar-refractivity contribution in [2.45, 2.75) is 110 Å². The summed E-state index contributed by atoms with van der Waals surface area (Å²) in [7, 11) is 0. The van der Waals surface area contributed by atoms with Gasteiger partial charge in [0.05, 0.1) is 11.0 Å². The predicted octanol–water partition coefficient (Wildman–Crippen LogP) is 5.83. The summed E-state index contributed by atoms with van der Waals surface area (Å²) in [5.41, 5.74) is 5.76.